The van der Waals surface area contributed by atoms with E-state index in [1.807, 2.05) is 54.6 Å². The van der Waals surface area contributed by atoms with E-state index in [2.05, 4.69) is 59.0 Å². The number of hydrogen-bond donors (Lipinski definition) is 1. The molecule has 0 atom stereocenters. The van der Waals surface area contributed by atoms with Gasteiger partial charge in [0.05, 0.1) is 24.3 Å². The lowest BCUT2D eigenvalue weighted by molar-refractivity contribution is -0.117. The molecule has 1 aliphatic heterocycles. The average molecular weight is 564 g/mol. The minimum absolute atomic E-state index is 0.0478. The molecule has 1 N–H and O–H groups in total. The Balaban J connectivity index is 1.44. The highest BCUT2D eigenvalue weighted by molar-refractivity contribution is 5.94. The van der Waals surface area contributed by atoms with Crippen LogP contribution >= 0.6 is 0 Å². The van der Waals surface area contributed by atoms with Crippen molar-refractivity contribution in [3.8, 4) is 29.4 Å². The van der Waals surface area contributed by atoms with Crippen molar-refractivity contribution >= 4 is 22.5 Å². The second-order valence-corrected chi connectivity index (χ2v) is 11.1. The Morgan fingerprint density at radius 2 is 1.81 bits per heavy atom. The maximum Gasteiger partial charge on any atom is 0.348 e. The molecule has 1 aliphatic rings. The maximum absolute atomic E-state index is 13.5. The van der Waals surface area contributed by atoms with Crippen LogP contribution in [0.15, 0.2) is 71.5 Å². The monoisotopic (exact) mass is 563 g/mol. The number of carbonyl (C=O) groups excluding carboxylic acids is 1. The van der Waals surface area contributed by atoms with Crippen LogP contribution < -0.4 is 15.7 Å². The molecule has 1 saturated heterocycles. The van der Waals surface area contributed by atoms with Crippen LogP contribution in [0, 0.1) is 12.3 Å². The van der Waals surface area contributed by atoms with Crippen LogP contribution in [0.5, 0.6) is 5.75 Å². The number of hydrogen-bond acceptors (Lipinski definition) is 6. The van der Waals surface area contributed by atoms with Crippen molar-refractivity contribution in [1.82, 2.24) is 19.4 Å². The van der Waals surface area contributed by atoms with Crippen molar-refractivity contribution in [3.05, 3.63) is 88.3 Å². The first-order valence-electron chi connectivity index (χ1n) is 14.3. The lowest BCUT2D eigenvalue weighted by Crippen LogP contribution is -2.47. The molecule has 5 rings (SSSR count). The lowest BCUT2D eigenvalue weighted by atomic mass is 9.99. The van der Waals surface area contributed by atoms with Gasteiger partial charge in [-0.1, -0.05) is 56.2 Å². The molecule has 42 heavy (non-hydrogen) atoms. The summed E-state index contributed by atoms with van der Waals surface area (Å²) in [4.78, 5) is 35.2. The Kier molecular flexibility index (Phi) is 9.01. The molecular formula is C34H37N5O3. The molecule has 0 aliphatic carbocycles. The quantitative estimate of drug-likeness (QED) is 0.304. The number of amides is 1. The molecule has 0 radical (unpaired) electrons. The van der Waals surface area contributed by atoms with E-state index in [0.717, 1.165) is 48.2 Å². The van der Waals surface area contributed by atoms with Gasteiger partial charge in [0.15, 0.2) is 0 Å². The van der Waals surface area contributed by atoms with Gasteiger partial charge in [-0.05, 0) is 54.4 Å². The molecule has 0 saturated carbocycles. The number of benzene rings is 3. The smallest absolute Gasteiger partial charge is 0.348 e. The fourth-order valence-corrected chi connectivity index (χ4v) is 5.21. The van der Waals surface area contributed by atoms with Crippen molar-refractivity contribution in [2.24, 2.45) is 0 Å². The Hall–Kier alpha value is -4.45. The van der Waals surface area contributed by atoms with Crippen molar-refractivity contribution < 1.29 is 9.53 Å². The Morgan fingerprint density at radius 1 is 1.05 bits per heavy atom. The molecule has 0 spiro atoms. The van der Waals surface area contributed by atoms with Gasteiger partial charge in [0.25, 0.3) is 0 Å². The summed E-state index contributed by atoms with van der Waals surface area (Å²) in [5.41, 5.74) is 4.61. The zero-order valence-electron chi connectivity index (χ0n) is 24.5. The summed E-state index contributed by atoms with van der Waals surface area (Å²) < 4.78 is 7.36. The van der Waals surface area contributed by atoms with E-state index in [4.69, 9.17) is 11.2 Å². The highest BCUT2D eigenvalue weighted by Crippen LogP contribution is 2.30. The first-order chi connectivity index (χ1) is 20.3. The zero-order chi connectivity index (χ0) is 29.6. The summed E-state index contributed by atoms with van der Waals surface area (Å²) in [6, 6.07) is 21.3. The SMILES string of the molecule is C#CCOc1ccc2c(c1)c(-c1ccc(C(C)C)cc1)nc(=O)n2Cc1cccc(NC(=O)CN2CCN(C)CC2)c1. The van der Waals surface area contributed by atoms with Crippen molar-refractivity contribution in [2.75, 3.05) is 51.7 Å². The van der Waals surface area contributed by atoms with E-state index in [9.17, 15) is 9.59 Å². The number of ether oxygens (including phenoxy) is 1. The highest BCUT2D eigenvalue weighted by Gasteiger charge is 2.17. The largest absolute Gasteiger partial charge is 0.481 e. The maximum atomic E-state index is 13.5. The number of likely N-dealkylation sites (N-methyl/N-ethyl adjacent to an activating group) is 1. The fourth-order valence-electron chi connectivity index (χ4n) is 5.21. The summed E-state index contributed by atoms with van der Waals surface area (Å²) in [7, 11) is 2.09. The van der Waals surface area contributed by atoms with E-state index in [1.54, 1.807) is 4.57 Å². The van der Waals surface area contributed by atoms with E-state index >= 15 is 0 Å². The summed E-state index contributed by atoms with van der Waals surface area (Å²) in [5, 5.41) is 3.81. The predicted octanol–water partition coefficient (Wildman–Crippen LogP) is 4.43. The van der Waals surface area contributed by atoms with E-state index in [-0.39, 0.29) is 18.2 Å². The standard InChI is InChI=1S/C34H37N5O3/c1-5-19-42-29-13-14-31-30(21-29)33(27-11-9-26(10-12-27)24(2)3)36-34(41)39(31)22-25-7-6-8-28(20-25)35-32(40)23-38-17-15-37(4)16-18-38/h1,6-14,20-21,24H,15-19,22-23H2,2-4H3,(H,35,40). The van der Waals surface area contributed by atoms with Gasteiger partial charge in [-0.3, -0.25) is 14.3 Å². The Morgan fingerprint density at radius 3 is 2.52 bits per heavy atom. The van der Waals surface area contributed by atoms with Crippen LogP contribution in [0.4, 0.5) is 5.69 Å². The summed E-state index contributed by atoms with van der Waals surface area (Å²) in [6.45, 7) is 8.75. The molecule has 2 heterocycles. The van der Waals surface area contributed by atoms with Crippen LogP contribution in [0.2, 0.25) is 0 Å². The molecule has 0 bridgehead atoms. The van der Waals surface area contributed by atoms with Crippen molar-refractivity contribution in [3.63, 3.8) is 0 Å². The number of nitrogens with zero attached hydrogens (tertiary/aromatic N) is 4. The number of aromatic nitrogens is 2. The molecule has 1 aromatic heterocycles. The minimum atomic E-state index is -0.354. The zero-order valence-corrected chi connectivity index (χ0v) is 24.5. The van der Waals surface area contributed by atoms with Crippen LogP contribution in [0.3, 0.4) is 0 Å². The Labute approximate surface area is 246 Å². The molecule has 216 valence electrons. The molecule has 8 nitrogen and oxygen atoms in total. The van der Waals surface area contributed by atoms with Gasteiger partial charge in [0, 0.05) is 42.8 Å². The molecule has 3 aromatic carbocycles. The third kappa shape index (κ3) is 6.88. The van der Waals surface area contributed by atoms with E-state index in [0.29, 0.717) is 36.1 Å². The van der Waals surface area contributed by atoms with Gasteiger partial charge in [-0.2, -0.15) is 4.98 Å². The number of rotatable bonds is 9. The van der Waals surface area contributed by atoms with Gasteiger partial charge in [-0.15, -0.1) is 6.42 Å². The molecule has 0 unspecified atom stereocenters. The van der Waals surface area contributed by atoms with Crippen molar-refractivity contribution in [1.29, 1.82) is 0 Å². The number of fused-ring (bicyclic) bond motifs is 1. The first kappa shape index (κ1) is 29.1. The number of terminal acetylenes is 1. The highest BCUT2D eigenvalue weighted by atomic mass is 16.5. The van der Waals surface area contributed by atoms with E-state index in [1.165, 1.54) is 5.56 Å². The topological polar surface area (TPSA) is 79.7 Å². The fraction of sp³-hybridized carbons (Fsp3) is 0.324. The van der Waals surface area contributed by atoms with Crippen LogP contribution in [-0.2, 0) is 11.3 Å². The van der Waals surface area contributed by atoms with Gasteiger partial charge in [-0.25, -0.2) is 4.79 Å². The molecular weight excluding hydrogens is 526 g/mol. The van der Waals surface area contributed by atoms with Crippen LogP contribution in [0.25, 0.3) is 22.2 Å². The van der Waals surface area contributed by atoms with Crippen molar-refractivity contribution in [2.45, 2.75) is 26.3 Å². The molecule has 4 aromatic rings. The van der Waals surface area contributed by atoms with Gasteiger partial charge < -0.3 is 15.0 Å². The third-order valence-corrected chi connectivity index (χ3v) is 7.64. The van der Waals surface area contributed by atoms with Gasteiger partial charge in [0.1, 0.15) is 12.4 Å². The average Bonchev–Trinajstić information content (AvgIpc) is 2.98. The van der Waals surface area contributed by atoms with Gasteiger partial charge >= 0.3 is 5.69 Å². The lowest BCUT2D eigenvalue weighted by Gasteiger charge is -2.31. The summed E-state index contributed by atoms with van der Waals surface area (Å²) in [5.74, 6) is 3.45. The number of anilines is 1. The second-order valence-electron chi connectivity index (χ2n) is 11.1. The molecule has 8 heteroatoms. The van der Waals surface area contributed by atoms with Crippen LogP contribution in [-0.4, -0.2) is 71.6 Å². The Bertz CT molecular complexity index is 1660. The number of carbonyl (C=O) groups is 1. The predicted molar refractivity (Wildman–Crippen MR) is 168 cm³/mol. The minimum Gasteiger partial charge on any atom is -0.481 e. The summed E-state index contributed by atoms with van der Waals surface area (Å²) in [6.07, 6.45) is 5.41. The third-order valence-electron chi connectivity index (χ3n) is 7.64. The van der Waals surface area contributed by atoms with Crippen LogP contribution in [0.1, 0.15) is 30.9 Å². The summed E-state index contributed by atoms with van der Waals surface area (Å²) >= 11 is 0. The van der Waals surface area contributed by atoms with E-state index < -0.39 is 0 Å². The second kappa shape index (κ2) is 13.0. The van der Waals surface area contributed by atoms with Gasteiger partial charge in [0.2, 0.25) is 5.91 Å². The first-order valence-corrected chi connectivity index (χ1v) is 14.3. The number of piperazine rings is 1. The normalized spacial score (nSPS) is 14.2. The number of nitrogens with one attached hydrogen (secondary N) is 1. The molecule has 1 amide bonds. The molecule has 1 fully saturated rings.